The molecular formula is C11H13Cl2F. The molecule has 0 aliphatic rings. The summed E-state index contributed by atoms with van der Waals surface area (Å²) in [5, 5.41) is 0.582. The molecule has 0 unspecified atom stereocenters. The van der Waals surface area contributed by atoms with Crippen LogP contribution >= 0.6 is 23.2 Å². The lowest BCUT2D eigenvalue weighted by Crippen LogP contribution is -2.05. The lowest BCUT2D eigenvalue weighted by molar-refractivity contribution is 0.502. The molecule has 78 valence electrons. The summed E-state index contributed by atoms with van der Waals surface area (Å²) < 4.78 is 13.6. The molecule has 0 aliphatic carbocycles. The van der Waals surface area contributed by atoms with Gasteiger partial charge in [-0.3, -0.25) is 0 Å². The van der Waals surface area contributed by atoms with Gasteiger partial charge in [0.1, 0.15) is 5.82 Å². The van der Waals surface area contributed by atoms with Gasteiger partial charge in [0.05, 0.1) is 5.02 Å². The Balaban J connectivity index is 3.20. The molecule has 0 aromatic heterocycles. The average molecular weight is 235 g/mol. The summed E-state index contributed by atoms with van der Waals surface area (Å²) in [6, 6.07) is 3.07. The van der Waals surface area contributed by atoms with Crippen LogP contribution in [-0.4, -0.2) is 0 Å². The van der Waals surface area contributed by atoms with Crippen LogP contribution in [0.4, 0.5) is 4.39 Å². The zero-order valence-corrected chi connectivity index (χ0v) is 9.96. The summed E-state index contributed by atoms with van der Waals surface area (Å²) in [7, 11) is 0. The van der Waals surface area contributed by atoms with Gasteiger partial charge in [-0.05, 0) is 29.5 Å². The van der Waals surface area contributed by atoms with E-state index in [-0.39, 0.29) is 16.8 Å². The maximum atomic E-state index is 13.6. The van der Waals surface area contributed by atoms with Crippen molar-refractivity contribution in [3.8, 4) is 0 Å². The molecule has 1 rings (SSSR count). The first kappa shape index (κ1) is 11.8. The van der Waals surface area contributed by atoms with Crippen LogP contribution in [0.3, 0.4) is 0 Å². The van der Waals surface area contributed by atoms with Gasteiger partial charge in [-0.1, -0.05) is 44.0 Å². The van der Waals surface area contributed by atoms with Crippen molar-refractivity contribution < 1.29 is 4.39 Å². The summed E-state index contributed by atoms with van der Waals surface area (Å²) >= 11 is 11.5. The zero-order valence-electron chi connectivity index (χ0n) is 8.44. The first-order valence-electron chi connectivity index (χ1n) is 4.58. The largest absolute Gasteiger partial charge is 0.205 e. The topological polar surface area (TPSA) is 0 Å². The Morgan fingerprint density at radius 2 is 1.71 bits per heavy atom. The molecule has 1 atom stereocenters. The lowest BCUT2D eigenvalue weighted by atomic mass is 9.90. The van der Waals surface area contributed by atoms with Crippen LogP contribution in [-0.2, 0) is 0 Å². The summed E-state index contributed by atoms with van der Waals surface area (Å²) in [6.07, 6.45) is 0. The summed E-state index contributed by atoms with van der Waals surface area (Å²) in [4.78, 5) is 0. The summed E-state index contributed by atoms with van der Waals surface area (Å²) in [5.41, 5.74) is 0.595. The van der Waals surface area contributed by atoms with Crippen molar-refractivity contribution >= 4 is 23.2 Å². The third-order valence-corrected chi connectivity index (χ3v) is 3.00. The Labute approximate surface area is 94.0 Å². The van der Waals surface area contributed by atoms with E-state index >= 15 is 0 Å². The molecule has 0 radical (unpaired) electrons. The van der Waals surface area contributed by atoms with Gasteiger partial charge in [-0.15, -0.1) is 0 Å². The molecule has 0 saturated carbocycles. The van der Waals surface area contributed by atoms with Gasteiger partial charge in [0.25, 0.3) is 0 Å². The van der Waals surface area contributed by atoms with E-state index in [9.17, 15) is 4.39 Å². The predicted octanol–water partition coefficient (Wildman–Crippen LogP) is 4.89. The minimum Gasteiger partial charge on any atom is -0.205 e. The van der Waals surface area contributed by atoms with Crippen molar-refractivity contribution in [2.75, 3.05) is 0 Å². The molecule has 0 amide bonds. The normalized spacial score (nSPS) is 13.4. The number of rotatable bonds is 2. The van der Waals surface area contributed by atoms with Crippen LogP contribution in [0.25, 0.3) is 0 Å². The van der Waals surface area contributed by atoms with Gasteiger partial charge in [0.2, 0.25) is 0 Å². The molecule has 14 heavy (non-hydrogen) atoms. The summed E-state index contributed by atoms with van der Waals surface area (Å²) in [5.74, 6) is 0.127. The molecule has 0 spiro atoms. The zero-order chi connectivity index (χ0) is 10.9. The molecule has 1 aromatic carbocycles. The van der Waals surface area contributed by atoms with E-state index in [0.29, 0.717) is 16.5 Å². The first-order chi connectivity index (χ1) is 6.43. The fourth-order valence-corrected chi connectivity index (χ4v) is 1.78. The van der Waals surface area contributed by atoms with Crippen LogP contribution in [0.2, 0.25) is 10.0 Å². The average Bonchev–Trinajstić information content (AvgIpc) is 2.09. The fraction of sp³-hybridized carbons (Fsp3) is 0.455. The van der Waals surface area contributed by atoms with Crippen LogP contribution in [0.5, 0.6) is 0 Å². The van der Waals surface area contributed by atoms with Gasteiger partial charge in [0, 0.05) is 5.02 Å². The maximum absolute atomic E-state index is 13.6. The van der Waals surface area contributed by atoms with E-state index in [4.69, 9.17) is 23.2 Å². The molecule has 0 nitrogen and oxygen atoms in total. The summed E-state index contributed by atoms with van der Waals surface area (Å²) in [6.45, 7) is 6.05. The van der Waals surface area contributed by atoms with Gasteiger partial charge in [0.15, 0.2) is 0 Å². The molecule has 1 aromatic rings. The molecule has 0 fully saturated rings. The molecular weight excluding hydrogens is 222 g/mol. The Bertz CT molecular complexity index is 334. The van der Waals surface area contributed by atoms with Crippen molar-refractivity contribution in [3.05, 3.63) is 33.6 Å². The Kier molecular flexibility index (Phi) is 3.79. The minimum absolute atomic E-state index is 0.0972. The number of hydrogen-bond donors (Lipinski definition) is 0. The minimum atomic E-state index is -0.350. The molecule has 0 saturated heterocycles. The van der Waals surface area contributed by atoms with Crippen molar-refractivity contribution in [2.24, 2.45) is 5.92 Å². The number of hydrogen-bond acceptors (Lipinski definition) is 0. The Hall–Kier alpha value is -0.270. The van der Waals surface area contributed by atoms with E-state index in [1.54, 1.807) is 6.07 Å². The SMILES string of the molecule is CC(C)[C@H](C)c1cc(Cl)cc(Cl)c1F. The van der Waals surface area contributed by atoms with Crippen LogP contribution < -0.4 is 0 Å². The van der Waals surface area contributed by atoms with E-state index in [1.807, 2.05) is 20.8 Å². The highest BCUT2D eigenvalue weighted by molar-refractivity contribution is 6.34. The van der Waals surface area contributed by atoms with Crippen LogP contribution in [0, 0.1) is 11.7 Å². The standard InChI is InChI=1S/C11H13Cl2F/c1-6(2)7(3)9-4-8(12)5-10(13)11(9)14/h4-7H,1-3H3/t7-/m0/s1. The number of halogens is 3. The molecule has 0 bridgehead atoms. The van der Waals surface area contributed by atoms with Crippen LogP contribution in [0.1, 0.15) is 32.3 Å². The number of benzene rings is 1. The first-order valence-corrected chi connectivity index (χ1v) is 5.33. The fourth-order valence-electron chi connectivity index (χ4n) is 1.27. The molecule has 0 N–H and O–H groups in total. The highest BCUT2D eigenvalue weighted by Gasteiger charge is 2.17. The maximum Gasteiger partial charge on any atom is 0.145 e. The highest BCUT2D eigenvalue weighted by atomic mass is 35.5. The van der Waals surface area contributed by atoms with E-state index in [2.05, 4.69) is 0 Å². The van der Waals surface area contributed by atoms with E-state index < -0.39 is 0 Å². The van der Waals surface area contributed by atoms with Gasteiger partial charge in [-0.2, -0.15) is 0 Å². The second-order valence-corrected chi connectivity index (χ2v) is 4.67. The second kappa shape index (κ2) is 4.50. The van der Waals surface area contributed by atoms with Gasteiger partial charge >= 0.3 is 0 Å². The quantitative estimate of drug-likeness (QED) is 0.640. The van der Waals surface area contributed by atoms with Crippen LogP contribution in [0.15, 0.2) is 12.1 Å². The van der Waals surface area contributed by atoms with Crippen molar-refractivity contribution in [2.45, 2.75) is 26.7 Å². The lowest BCUT2D eigenvalue weighted by Gasteiger charge is -2.17. The van der Waals surface area contributed by atoms with Crippen molar-refractivity contribution in [1.29, 1.82) is 0 Å². The van der Waals surface area contributed by atoms with Gasteiger partial charge < -0.3 is 0 Å². The second-order valence-electron chi connectivity index (χ2n) is 3.82. The third kappa shape index (κ3) is 2.40. The molecule has 3 heteroatoms. The monoisotopic (exact) mass is 234 g/mol. The third-order valence-electron chi connectivity index (χ3n) is 2.51. The van der Waals surface area contributed by atoms with Crippen molar-refractivity contribution in [1.82, 2.24) is 0 Å². The molecule has 0 heterocycles. The highest BCUT2D eigenvalue weighted by Crippen LogP contribution is 2.32. The van der Waals surface area contributed by atoms with E-state index in [0.717, 1.165) is 0 Å². The van der Waals surface area contributed by atoms with E-state index in [1.165, 1.54) is 6.07 Å². The van der Waals surface area contributed by atoms with Crippen molar-refractivity contribution in [3.63, 3.8) is 0 Å². The Morgan fingerprint density at radius 1 is 1.14 bits per heavy atom. The predicted molar refractivity (Wildman–Crippen MR) is 59.7 cm³/mol. The van der Waals surface area contributed by atoms with Gasteiger partial charge in [-0.25, -0.2) is 4.39 Å². The Morgan fingerprint density at radius 3 is 2.21 bits per heavy atom. The smallest absolute Gasteiger partial charge is 0.145 e. The molecule has 0 aliphatic heterocycles.